The van der Waals surface area contributed by atoms with E-state index in [0.29, 0.717) is 6.10 Å². The molecule has 1 unspecified atom stereocenters. The zero-order valence-electron chi connectivity index (χ0n) is 9.53. The SMILES string of the molecule is Cc1cncc(CN2CCOC(CBr)C2)c1. The minimum Gasteiger partial charge on any atom is -0.375 e. The molecule has 1 atom stereocenters. The van der Waals surface area contributed by atoms with E-state index in [1.54, 1.807) is 0 Å². The molecule has 1 aromatic rings. The van der Waals surface area contributed by atoms with Crippen molar-refractivity contribution < 1.29 is 4.74 Å². The van der Waals surface area contributed by atoms with Crippen LogP contribution in [0.5, 0.6) is 0 Å². The smallest absolute Gasteiger partial charge is 0.0799 e. The lowest BCUT2D eigenvalue weighted by Gasteiger charge is -2.32. The standard InChI is InChI=1S/C12H17BrN2O/c1-10-4-11(7-14-6-10)8-15-2-3-16-12(5-13)9-15/h4,6-7,12H,2-3,5,8-9H2,1H3. The second-order valence-electron chi connectivity index (χ2n) is 4.25. The van der Waals surface area contributed by atoms with Gasteiger partial charge in [0, 0.05) is 37.4 Å². The minimum atomic E-state index is 0.325. The van der Waals surface area contributed by atoms with Crippen LogP contribution >= 0.6 is 15.9 Å². The molecule has 3 nitrogen and oxygen atoms in total. The first kappa shape index (κ1) is 12.0. The zero-order valence-corrected chi connectivity index (χ0v) is 11.1. The number of aryl methyl sites for hydroxylation is 1. The van der Waals surface area contributed by atoms with Gasteiger partial charge in [0.25, 0.3) is 0 Å². The van der Waals surface area contributed by atoms with Crippen LogP contribution in [0.4, 0.5) is 0 Å². The topological polar surface area (TPSA) is 25.4 Å². The van der Waals surface area contributed by atoms with E-state index in [1.165, 1.54) is 11.1 Å². The Bertz CT molecular complexity index is 346. The molecule has 4 heteroatoms. The van der Waals surface area contributed by atoms with Gasteiger partial charge >= 0.3 is 0 Å². The molecule has 0 spiro atoms. The summed E-state index contributed by atoms with van der Waals surface area (Å²) in [5.74, 6) is 0. The molecule has 0 N–H and O–H groups in total. The third-order valence-electron chi connectivity index (χ3n) is 2.73. The molecule has 0 radical (unpaired) electrons. The van der Waals surface area contributed by atoms with Gasteiger partial charge in [0.15, 0.2) is 0 Å². The maximum absolute atomic E-state index is 5.61. The summed E-state index contributed by atoms with van der Waals surface area (Å²) >= 11 is 3.47. The lowest BCUT2D eigenvalue weighted by Crippen LogP contribution is -2.42. The Hall–Kier alpha value is -0.450. The van der Waals surface area contributed by atoms with Crippen molar-refractivity contribution in [2.24, 2.45) is 0 Å². The minimum absolute atomic E-state index is 0.325. The van der Waals surface area contributed by atoms with E-state index in [4.69, 9.17) is 4.74 Å². The number of morpholine rings is 1. The van der Waals surface area contributed by atoms with E-state index in [-0.39, 0.29) is 0 Å². The van der Waals surface area contributed by atoms with Crippen LogP contribution in [-0.2, 0) is 11.3 Å². The highest BCUT2D eigenvalue weighted by atomic mass is 79.9. The second-order valence-corrected chi connectivity index (χ2v) is 4.90. The van der Waals surface area contributed by atoms with Crippen molar-refractivity contribution in [3.05, 3.63) is 29.6 Å². The third-order valence-corrected chi connectivity index (χ3v) is 3.45. The summed E-state index contributed by atoms with van der Waals surface area (Å²) < 4.78 is 5.61. The third kappa shape index (κ3) is 3.27. The van der Waals surface area contributed by atoms with E-state index < -0.39 is 0 Å². The highest BCUT2D eigenvalue weighted by molar-refractivity contribution is 9.09. The van der Waals surface area contributed by atoms with Gasteiger partial charge in [-0.25, -0.2) is 0 Å². The number of pyridine rings is 1. The van der Waals surface area contributed by atoms with Crippen molar-refractivity contribution in [3.8, 4) is 0 Å². The van der Waals surface area contributed by atoms with Crippen LogP contribution in [0.2, 0.25) is 0 Å². The Balaban J connectivity index is 1.94. The molecule has 0 saturated carbocycles. The van der Waals surface area contributed by atoms with Gasteiger partial charge in [-0.1, -0.05) is 22.0 Å². The monoisotopic (exact) mass is 284 g/mol. The van der Waals surface area contributed by atoms with Gasteiger partial charge in [0.1, 0.15) is 0 Å². The number of aromatic nitrogens is 1. The van der Waals surface area contributed by atoms with Crippen molar-refractivity contribution in [1.82, 2.24) is 9.88 Å². The van der Waals surface area contributed by atoms with Gasteiger partial charge in [-0.15, -0.1) is 0 Å². The number of alkyl halides is 1. The highest BCUT2D eigenvalue weighted by Crippen LogP contribution is 2.12. The van der Waals surface area contributed by atoms with Gasteiger partial charge < -0.3 is 4.74 Å². The van der Waals surface area contributed by atoms with Gasteiger partial charge in [-0.2, -0.15) is 0 Å². The highest BCUT2D eigenvalue weighted by Gasteiger charge is 2.19. The summed E-state index contributed by atoms with van der Waals surface area (Å²) in [7, 11) is 0. The van der Waals surface area contributed by atoms with Crippen LogP contribution in [0.25, 0.3) is 0 Å². The van der Waals surface area contributed by atoms with E-state index in [0.717, 1.165) is 31.6 Å². The van der Waals surface area contributed by atoms with Crippen LogP contribution in [0.3, 0.4) is 0 Å². The molecular formula is C12H17BrN2O. The Labute approximate surface area is 105 Å². The largest absolute Gasteiger partial charge is 0.375 e. The van der Waals surface area contributed by atoms with Crippen LogP contribution in [0.15, 0.2) is 18.5 Å². The zero-order chi connectivity index (χ0) is 11.4. The summed E-state index contributed by atoms with van der Waals surface area (Å²) in [6, 6.07) is 2.20. The van der Waals surface area contributed by atoms with E-state index in [2.05, 4.69) is 38.8 Å². The molecular weight excluding hydrogens is 268 g/mol. The van der Waals surface area contributed by atoms with Crippen LogP contribution in [0, 0.1) is 6.92 Å². The lowest BCUT2D eigenvalue weighted by atomic mass is 10.2. The summed E-state index contributed by atoms with van der Waals surface area (Å²) in [6.07, 6.45) is 4.17. The molecule has 0 aliphatic carbocycles. The average molecular weight is 285 g/mol. The van der Waals surface area contributed by atoms with Crippen LogP contribution < -0.4 is 0 Å². The molecule has 1 aliphatic heterocycles. The summed E-state index contributed by atoms with van der Waals surface area (Å²) in [5, 5.41) is 0.912. The molecule has 2 heterocycles. The number of rotatable bonds is 3. The second kappa shape index (κ2) is 5.75. The molecule has 1 fully saturated rings. The van der Waals surface area contributed by atoms with E-state index in [1.807, 2.05) is 12.4 Å². The van der Waals surface area contributed by atoms with Crippen LogP contribution in [0.1, 0.15) is 11.1 Å². The Morgan fingerprint density at radius 2 is 2.44 bits per heavy atom. The van der Waals surface area contributed by atoms with E-state index in [9.17, 15) is 0 Å². The maximum atomic E-state index is 5.61. The van der Waals surface area contributed by atoms with Crippen molar-refractivity contribution in [3.63, 3.8) is 0 Å². The molecule has 16 heavy (non-hydrogen) atoms. The number of hydrogen-bond donors (Lipinski definition) is 0. The fourth-order valence-electron chi connectivity index (χ4n) is 1.98. The molecule has 0 amide bonds. The average Bonchev–Trinajstić information content (AvgIpc) is 2.29. The molecule has 1 saturated heterocycles. The molecule has 2 rings (SSSR count). The summed E-state index contributed by atoms with van der Waals surface area (Å²) in [4.78, 5) is 6.64. The van der Waals surface area contributed by atoms with Gasteiger partial charge in [0.2, 0.25) is 0 Å². The normalized spacial score (nSPS) is 22.2. The van der Waals surface area contributed by atoms with Gasteiger partial charge in [-0.3, -0.25) is 9.88 Å². The van der Waals surface area contributed by atoms with Crippen molar-refractivity contribution in [1.29, 1.82) is 0 Å². The van der Waals surface area contributed by atoms with Crippen molar-refractivity contribution >= 4 is 15.9 Å². The first-order valence-corrected chi connectivity index (χ1v) is 6.70. The van der Waals surface area contributed by atoms with Crippen LogP contribution in [-0.4, -0.2) is 41.0 Å². The maximum Gasteiger partial charge on any atom is 0.0799 e. The first-order valence-electron chi connectivity index (χ1n) is 5.58. The molecule has 88 valence electrons. The van der Waals surface area contributed by atoms with Crippen molar-refractivity contribution in [2.45, 2.75) is 19.6 Å². The van der Waals surface area contributed by atoms with Gasteiger partial charge in [-0.05, 0) is 18.1 Å². The quantitative estimate of drug-likeness (QED) is 0.794. The molecule has 1 aromatic heterocycles. The predicted octanol–water partition coefficient (Wildman–Crippen LogP) is 1.99. The van der Waals surface area contributed by atoms with Crippen molar-refractivity contribution in [2.75, 3.05) is 25.0 Å². The number of nitrogens with zero attached hydrogens (tertiary/aromatic N) is 2. The molecule has 0 bridgehead atoms. The van der Waals surface area contributed by atoms with E-state index >= 15 is 0 Å². The predicted molar refractivity (Wildman–Crippen MR) is 67.8 cm³/mol. The fraction of sp³-hybridized carbons (Fsp3) is 0.583. The fourth-order valence-corrected chi connectivity index (χ4v) is 2.37. The first-order chi connectivity index (χ1) is 7.78. The lowest BCUT2D eigenvalue weighted by molar-refractivity contribution is -0.0181. The molecule has 1 aliphatic rings. The Morgan fingerprint density at radius 3 is 3.19 bits per heavy atom. The number of halogens is 1. The Kier molecular flexibility index (Phi) is 4.32. The summed E-state index contributed by atoms with van der Waals surface area (Å²) in [5.41, 5.74) is 2.51. The van der Waals surface area contributed by atoms with Gasteiger partial charge in [0.05, 0.1) is 12.7 Å². The molecule has 0 aromatic carbocycles. The Morgan fingerprint density at radius 1 is 1.56 bits per heavy atom. The number of ether oxygens (including phenoxy) is 1. The summed E-state index contributed by atoms with van der Waals surface area (Å²) in [6.45, 7) is 5.89. The number of hydrogen-bond acceptors (Lipinski definition) is 3.